The summed E-state index contributed by atoms with van der Waals surface area (Å²) >= 11 is 0. The summed E-state index contributed by atoms with van der Waals surface area (Å²) in [5.74, 6) is -0.161. The van der Waals surface area contributed by atoms with Crippen molar-refractivity contribution >= 4 is 11.9 Å². The largest absolute Gasteiger partial charge is 0.341 e. The number of hydrogen-bond acceptors (Lipinski definition) is 5. The number of aromatic nitrogens is 4. The number of nitrogens with one attached hydrogen (secondary N) is 1. The molecule has 0 saturated heterocycles. The van der Waals surface area contributed by atoms with Gasteiger partial charge in [-0.05, 0) is 43.7 Å². The number of amides is 3. The smallest absolute Gasteiger partial charge is 0.317 e. The number of hydrogen-bond donors (Lipinski definition) is 1. The Kier molecular flexibility index (Phi) is 6.64. The number of urea groups is 1. The molecular formula is C22H27N7O2. The molecule has 0 saturated carbocycles. The van der Waals surface area contributed by atoms with E-state index in [-0.39, 0.29) is 11.9 Å². The quantitative estimate of drug-likeness (QED) is 0.660. The molecule has 0 radical (unpaired) electrons. The molecule has 3 aromatic heterocycles. The van der Waals surface area contributed by atoms with Crippen molar-refractivity contribution in [1.29, 1.82) is 0 Å². The van der Waals surface area contributed by atoms with Gasteiger partial charge in [0.15, 0.2) is 5.69 Å². The van der Waals surface area contributed by atoms with Crippen LogP contribution in [0.3, 0.4) is 0 Å². The van der Waals surface area contributed by atoms with Crippen molar-refractivity contribution < 1.29 is 9.59 Å². The number of carbonyl (C=O) groups excluding carboxylic acids is 2. The van der Waals surface area contributed by atoms with E-state index in [0.717, 1.165) is 16.9 Å². The first kappa shape index (κ1) is 21.9. The molecule has 0 atom stereocenters. The molecule has 9 heteroatoms. The Morgan fingerprint density at radius 1 is 1.06 bits per heavy atom. The molecule has 0 unspecified atom stereocenters. The summed E-state index contributed by atoms with van der Waals surface area (Å²) in [6.45, 7) is 4.78. The van der Waals surface area contributed by atoms with Crippen LogP contribution in [0.25, 0.3) is 17.1 Å². The second-order valence-electron chi connectivity index (χ2n) is 7.41. The van der Waals surface area contributed by atoms with Gasteiger partial charge in [-0.2, -0.15) is 5.10 Å². The molecule has 31 heavy (non-hydrogen) atoms. The zero-order valence-electron chi connectivity index (χ0n) is 18.5. The van der Waals surface area contributed by atoms with Crippen LogP contribution in [0.1, 0.15) is 28.7 Å². The average Bonchev–Trinajstić information content (AvgIpc) is 3.22. The Morgan fingerprint density at radius 3 is 2.42 bits per heavy atom. The third kappa shape index (κ3) is 5.06. The van der Waals surface area contributed by atoms with Gasteiger partial charge in [0.1, 0.15) is 0 Å². The lowest BCUT2D eigenvalue weighted by atomic mass is 10.2. The minimum absolute atomic E-state index is 0.161. The normalized spacial score (nSPS) is 10.6. The molecule has 0 spiro atoms. The van der Waals surface area contributed by atoms with Crippen LogP contribution in [0, 0.1) is 6.92 Å². The van der Waals surface area contributed by atoms with Crippen molar-refractivity contribution in [2.24, 2.45) is 0 Å². The predicted octanol–water partition coefficient (Wildman–Crippen LogP) is 2.50. The molecule has 3 aromatic rings. The first-order valence-corrected chi connectivity index (χ1v) is 9.99. The molecule has 0 aliphatic rings. The standard InChI is InChI=1S/C22H27N7O2/c1-6-28(5)21(30)19-11-20(29(26-19)17-9-7-15(2)23-14-17)18-10-8-16(12-24-18)13-25-22(31)27(3)4/h7-12,14H,6,13H2,1-5H3,(H,25,31). The van der Waals surface area contributed by atoms with Crippen molar-refractivity contribution in [3.8, 4) is 17.1 Å². The summed E-state index contributed by atoms with van der Waals surface area (Å²) in [5, 5.41) is 7.35. The number of pyridine rings is 2. The third-order valence-corrected chi connectivity index (χ3v) is 4.83. The van der Waals surface area contributed by atoms with Crippen LogP contribution in [0.2, 0.25) is 0 Å². The van der Waals surface area contributed by atoms with E-state index in [4.69, 9.17) is 0 Å². The Morgan fingerprint density at radius 2 is 1.84 bits per heavy atom. The molecule has 0 aromatic carbocycles. The van der Waals surface area contributed by atoms with E-state index in [9.17, 15) is 9.59 Å². The van der Waals surface area contributed by atoms with Gasteiger partial charge in [-0.1, -0.05) is 6.07 Å². The Bertz CT molecular complexity index is 1060. The third-order valence-electron chi connectivity index (χ3n) is 4.83. The summed E-state index contributed by atoms with van der Waals surface area (Å²) < 4.78 is 1.68. The molecule has 162 valence electrons. The van der Waals surface area contributed by atoms with Crippen LogP contribution < -0.4 is 5.32 Å². The van der Waals surface area contributed by atoms with Crippen molar-refractivity contribution in [1.82, 2.24) is 34.9 Å². The van der Waals surface area contributed by atoms with Crippen molar-refractivity contribution in [3.05, 3.63) is 59.7 Å². The van der Waals surface area contributed by atoms with E-state index >= 15 is 0 Å². The summed E-state index contributed by atoms with van der Waals surface area (Å²) in [4.78, 5) is 36.4. The van der Waals surface area contributed by atoms with Crippen LogP contribution in [0.15, 0.2) is 42.7 Å². The van der Waals surface area contributed by atoms with E-state index in [1.165, 1.54) is 4.90 Å². The minimum atomic E-state index is -0.169. The van der Waals surface area contributed by atoms with Gasteiger partial charge in [-0.3, -0.25) is 14.8 Å². The van der Waals surface area contributed by atoms with E-state index in [1.807, 2.05) is 38.1 Å². The molecule has 0 aliphatic carbocycles. The molecule has 0 aliphatic heterocycles. The van der Waals surface area contributed by atoms with E-state index in [0.29, 0.717) is 30.2 Å². The Hall–Kier alpha value is -3.75. The SMILES string of the molecule is CCN(C)C(=O)c1cc(-c2ccc(CNC(=O)N(C)C)cn2)n(-c2ccc(C)nc2)n1. The van der Waals surface area contributed by atoms with Gasteiger partial charge in [0.05, 0.1) is 23.3 Å². The van der Waals surface area contributed by atoms with E-state index in [2.05, 4.69) is 20.4 Å². The van der Waals surface area contributed by atoms with Crippen LogP contribution in [-0.4, -0.2) is 69.2 Å². The Labute approximate surface area is 181 Å². The molecule has 3 rings (SSSR count). The monoisotopic (exact) mass is 421 g/mol. The van der Waals surface area contributed by atoms with Gasteiger partial charge in [0.2, 0.25) is 0 Å². The fourth-order valence-electron chi connectivity index (χ4n) is 2.81. The fourth-order valence-corrected chi connectivity index (χ4v) is 2.81. The highest BCUT2D eigenvalue weighted by molar-refractivity contribution is 5.93. The highest BCUT2D eigenvalue weighted by Crippen LogP contribution is 2.23. The lowest BCUT2D eigenvalue weighted by Gasteiger charge is -2.12. The van der Waals surface area contributed by atoms with E-state index < -0.39 is 0 Å². The second-order valence-corrected chi connectivity index (χ2v) is 7.41. The number of nitrogens with zero attached hydrogens (tertiary/aromatic N) is 6. The van der Waals surface area contributed by atoms with Crippen molar-refractivity contribution in [3.63, 3.8) is 0 Å². The lowest BCUT2D eigenvalue weighted by Crippen LogP contribution is -2.33. The molecule has 0 bridgehead atoms. The average molecular weight is 422 g/mol. The predicted molar refractivity (Wildman–Crippen MR) is 118 cm³/mol. The van der Waals surface area contributed by atoms with Crippen molar-refractivity contribution in [2.45, 2.75) is 20.4 Å². The summed E-state index contributed by atoms with van der Waals surface area (Å²) in [5.41, 5.74) is 4.18. The highest BCUT2D eigenvalue weighted by Gasteiger charge is 2.20. The number of rotatable bonds is 6. The van der Waals surface area contributed by atoms with Crippen LogP contribution in [0.5, 0.6) is 0 Å². The molecule has 3 amide bonds. The van der Waals surface area contributed by atoms with Gasteiger partial charge in [-0.25, -0.2) is 9.48 Å². The molecule has 1 N–H and O–H groups in total. The lowest BCUT2D eigenvalue weighted by molar-refractivity contribution is 0.0796. The zero-order chi connectivity index (χ0) is 22.5. The molecule has 9 nitrogen and oxygen atoms in total. The maximum atomic E-state index is 12.7. The summed E-state index contributed by atoms with van der Waals surface area (Å²) in [7, 11) is 5.11. The van der Waals surface area contributed by atoms with Crippen LogP contribution in [-0.2, 0) is 6.54 Å². The van der Waals surface area contributed by atoms with Crippen LogP contribution >= 0.6 is 0 Å². The first-order chi connectivity index (χ1) is 14.8. The molecular weight excluding hydrogens is 394 g/mol. The topological polar surface area (TPSA) is 96.2 Å². The van der Waals surface area contributed by atoms with Crippen LogP contribution in [0.4, 0.5) is 4.79 Å². The fraction of sp³-hybridized carbons (Fsp3) is 0.318. The number of carbonyl (C=O) groups is 2. The summed E-state index contributed by atoms with van der Waals surface area (Å²) in [6.07, 6.45) is 3.42. The Balaban J connectivity index is 1.95. The van der Waals surface area contributed by atoms with Gasteiger partial charge < -0.3 is 15.1 Å². The van der Waals surface area contributed by atoms with E-state index in [1.54, 1.807) is 49.2 Å². The van der Waals surface area contributed by atoms with Gasteiger partial charge in [0, 0.05) is 46.1 Å². The maximum Gasteiger partial charge on any atom is 0.317 e. The first-order valence-electron chi connectivity index (χ1n) is 9.99. The minimum Gasteiger partial charge on any atom is -0.341 e. The molecule has 3 heterocycles. The van der Waals surface area contributed by atoms with Crippen molar-refractivity contribution in [2.75, 3.05) is 27.7 Å². The van der Waals surface area contributed by atoms with Gasteiger partial charge in [0.25, 0.3) is 5.91 Å². The van der Waals surface area contributed by atoms with Gasteiger partial charge >= 0.3 is 6.03 Å². The number of aryl methyl sites for hydroxylation is 1. The van der Waals surface area contributed by atoms with Gasteiger partial charge in [-0.15, -0.1) is 0 Å². The second kappa shape index (κ2) is 9.38. The summed E-state index contributed by atoms with van der Waals surface area (Å²) in [6, 6.07) is 9.11. The highest BCUT2D eigenvalue weighted by atomic mass is 16.2. The zero-order valence-corrected chi connectivity index (χ0v) is 18.5. The molecule has 0 fully saturated rings. The maximum absolute atomic E-state index is 12.7.